The summed E-state index contributed by atoms with van der Waals surface area (Å²) in [7, 11) is 3.10. The first-order chi connectivity index (χ1) is 10.3. The van der Waals surface area contributed by atoms with Gasteiger partial charge in [-0.05, 0) is 19.9 Å². The van der Waals surface area contributed by atoms with Crippen LogP contribution in [0.4, 0.5) is 13.2 Å². The minimum absolute atomic E-state index is 0. The first kappa shape index (κ1) is 21.8. The van der Waals surface area contributed by atoms with Crippen molar-refractivity contribution in [3.05, 3.63) is 29.3 Å². The SMILES string of the molecule is CN=C(NCCC(F)(F)F)NC(C)c1cc(C)ccc1OC.I. The van der Waals surface area contributed by atoms with E-state index >= 15 is 0 Å². The Kier molecular flexibility index (Phi) is 9.33. The molecule has 0 amide bonds. The number of guanidine groups is 1. The van der Waals surface area contributed by atoms with Crippen molar-refractivity contribution in [2.75, 3.05) is 20.7 Å². The number of aliphatic imine (C=N–C) groups is 1. The summed E-state index contributed by atoms with van der Waals surface area (Å²) in [5.74, 6) is 1.04. The van der Waals surface area contributed by atoms with E-state index in [2.05, 4.69) is 15.6 Å². The van der Waals surface area contributed by atoms with Crippen molar-refractivity contribution in [2.45, 2.75) is 32.5 Å². The van der Waals surface area contributed by atoms with Gasteiger partial charge in [-0.1, -0.05) is 17.7 Å². The summed E-state index contributed by atoms with van der Waals surface area (Å²) in [4.78, 5) is 3.94. The average molecular weight is 445 g/mol. The van der Waals surface area contributed by atoms with Crippen molar-refractivity contribution >= 4 is 29.9 Å². The van der Waals surface area contributed by atoms with E-state index in [1.165, 1.54) is 7.05 Å². The fourth-order valence-corrected chi connectivity index (χ4v) is 1.99. The van der Waals surface area contributed by atoms with E-state index in [0.29, 0.717) is 5.96 Å². The van der Waals surface area contributed by atoms with Crippen molar-refractivity contribution < 1.29 is 17.9 Å². The Morgan fingerprint density at radius 1 is 1.35 bits per heavy atom. The molecule has 4 nitrogen and oxygen atoms in total. The van der Waals surface area contributed by atoms with E-state index in [1.807, 2.05) is 32.0 Å². The highest BCUT2D eigenvalue weighted by molar-refractivity contribution is 14.0. The second kappa shape index (κ2) is 9.84. The van der Waals surface area contributed by atoms with Gasteiger partial charge in [-0.15, -0.1) is 24.0 Å². The summed E-state index contributed by atoms with van der Waals surface area (Å²) in [6, 6.07) is 5.61. The number of aryl methyl sites for hydroxylation is 1. The van der Waals surface area contributed by atoms with Gasteiger partial charge >= 0.3 is 6.18 Å². The number of ether oxygens (including phenoxy) is 1. The van der Waals surface area contributed by atoms with Crippen LogP contribution in [0.25, 0.3) is 0 Å². The lowest BCUT2D eigenvalue weighted by Crippen LogP contribution is -2.40. The zero-order valence-corrected chi connectivity index (χ0v) is 16.0. The van der Waals surface area contributed by atoms with E-state index in [9.17, 15) is 13.2 Å². The molecule has 1 aromatic rings. The van der Waals surface area contributed by atoms with Gasteiger partial charge in [0.05, 0.1) is 19.6 Å². The van der Waals surface area contributed by atoms with E-state index in [0.717, 1.165) is 16.9 Å². The van der Waals surface area contributed by atoms with Crippen LogP contribution in [-0.4, -0.2) is 32.8 Å². The van der Waals surface area contributed by atoms with Crippen molar-refractivity contribution in [3.8, 4) is 5.75 Å². The Morgan fingerprint density at radius 2 is 2.00 bits per heavy atom. The third-order valence-corrected chi connectivity index (χ3v) is 3.13. The second-order valence-electron chi connectivity index (χ2n) is 4.98. The standard InChI is InChI=1S/C15H22F3N3O.HI/c1-10-5-6-13(22-4)12(9-10)11(2)21-14(19-3)20-8-7-15(16,17)18;/h5-6,9,11H,7-8H2,1-4H3,(H2,19,20,21);1H. The predicted molar refractivity (Wildman–Crippen MR) is 96.7 cm³/mol. The van der Waals surface area contributed by atoms with Crippen LogP contribution in [0, 0.1) is 6.92 Å². The number of hydrogen-bond acceptors (Lipinski definition) is 2. The number of alkyl halides is 3. The molecule has 0 aliphatic heterocycles. The van der Waals surface area contributed by atoms with Crippen LogP contribution in [0.2, 0.25) is 0 Å². The molecule has 0 radical (unpaired) electrons. The Bertz CT molecular complexity index is 521. The zero-order chi connectivity index (χ0) is 16.8. The summed E-state index contributed by atoms with van der Waals surface area (Å²) < 4.78 is 41.8. The van der Waals surface area contributed by atoms with Gasteiger partial charge in [-0.2, -0.15) is 13.2 Å². The molecule has 0 saturated carbocycles. The topological polar surface area (TPSA) is 45.7 Å². The Balaban J connectivity index is 0.00000484. The van der Waals surface area contributed by atoms with Crippen LogP contribution in [0.15, 0.2) is 23.2 Å². The molecule has 0 heterocycles. The number of rotatable bonds is 5. The quantitative estimate of drug-likeness (QED) is 0.412. The number of nitrogens with zero attached hydrogens (tertiary/aromatic N) is 1. The van der Waals surface area contributed by atoms with E-state index in [-0.39, 0.29) is 36.6 Å². The molecule has 0 fully saturated rings. The summed E-state index contributed by atoms with van der Waals surface area (Å²) in [6.45, 7) is 3.64. The largest absolute Gasteiger partial charge is 0.496 e. The highest BCUT2D eigenvalue weighted by Crippen LogP contribution is 2.26. The number of halogens is 4. The van der Waals surface area contributed by atoms with Gasteiger partial charge in [0, 0.05) is 19.2 Å². The van der Waals surface area contributed by atoms with Crippen molar-refractivity contribution in [3.63, 3.8) is 0 Å². The van der Waals surface area contributed by atoms with E-state index in [4.69, 9.17) is 4.74 Å². The maximum absolute atomic E-state index is 12.2. The normalized spacial score (nSPS) is 13.1. The molecular formula is C15H23F3IN3O. The lowest BCUT2D eigenvalue weighted by atomic mass is 10.0. The van der Waals surface area contributed by atoms with Crippen LogP contribution < -0.4 is 15.4 Å². The van der Waals surface area contributed by atoms with E-state index < -0.39 is 12.6 Å². The predicted octanol–water partition coefficient (Wildman–Crippen LogP) is 3.80. The number of nitrogens with one attached hydrogen (secondary N) is 2. The first-order valence-corrected chi connectivity index (χ1v) is 6.95. The van der Waals surface area contributed by atoms with Gasteiger partial charge < -0.3 is 15.4 Å². The molecule has 1 atom stereocenters. The molecule has 0 aromatic heterocycles. The third kappa shape index (κ3) is 7.76. The highest BCUT2D eigenvalue weighted by atomic mass is 127. The van der Waals surface area contributed by atoms with Gasteiger partial charge in [0.1, 0.15) is 5.75 Å². The van der Waals surface area contributed by atoms with Gasteiger partial charge in [0.15, 0.2) is 5.96 Å². The molecule has 1 unspecified atom stereocenters. The van der Waals surface area contributed by atoms with Crippen LogP contribution in [0.5, 0.6) is 5.75 Å². The van der Waals surface area contributed by atoms with E-state index in [1.54, 1.807) is 7.11 Å². The molecule has 8 heteroatoms. The molecular weight excluding hydrogens is 422 g/mol. The summed E-state index contributed by atoms with van der Waals surface area (Å²) >= 11 is 0. The average Bonchev–Trinajstić information content (AvgIpc) is 2.44. The summed E-state index contributed by atoms with van der Waals surface area (Å²) in [6.07, 6.45) is -5.09. The Hall–Kier alpha value is -1.19. The highest BCUT2D eigenvalue weighted by Gasteiger charge is 2.26. The molecule has 0 saturated heterocycles. The van der Waals surface area contributed by atoms with Gasteiger partial charge in [-0.3, -0.25) is 4.99 Å². The number of hydrogen-bond donors (Lipinski definition) is 2. The first-order valence-electron chi connectivity index (χ1n) is 6.95. The van der Waals surface area contributed by atoms with Gasteiger partial charge in [-0.25, -0.2) is 0 Å². The Labute approximate surface area is 151 Å². The maximum atomic E-state index is 12.2. The molecule has 0 spiro atoms. The Morgan fingerprint density at radius 3 is 2.52 bits per heavy atom. The maximum Gasteiger partial charge on any atom is 0.390 e. The molecule has 0 bridgehead atoms. The lowest BCUT2D eigenvalue weighted by Gasteiger charge is -2.21. The summed E-state index contributed by atoms with van der Waals surface area (Å²) in [5.41, 5.74) is 1.99. The second-order valence-corrected chi connectivity index (χ2v) is 4.98. The van der Waals surface area contributed by atoms with Gasteiger partial charge in [0.25, 0.3) is 0 Å². The monoisotopic (exact) mass is 445 g/mol. The fraction of sp³-hybridized carbons (Fsp3) is 0.533. The lowest BCUT2D eigenvalue weighted by molar-refractivity contribution is -0.132. The summed E-state index contributed by atoms with van der Waals surface area (Å²) in [5, 5.41) is 5.72. The minimum atomic E-state index is -4.18. The minimum Gasteiger partial charge on any atom is -0.496 e. The van der Waals surface area contributed by atoms with Crippen molar-refractivity contribution in [1.82, 2.24) is 10.6 Å². The number of methoxy groups -OCH3 is 1. The molecule has 0 aliphatic carbocycles. The van der Waals surface area contributed by atoms with Crippen LogP contribution in [0.1, 0.15) is 30.5 Å². The van der Waals surface area contributed by atoms with Crippen molar-refractivity contribution in [2.24, 2.45) is 4.99 Å². The smallest absolute Gasteiger partial charge is 0.390 e. The third-order valence-electron chi connectivity index (χ3n) is 3.13. The van der Waals surface area contributed by atoms with Gasteiger partial charge in [0.2, 0.25) is 0 Å². The van der Waals surface area contributed by atoms with Crippen LogP contribution >= 0.6 is 24.0 Å². The molecule has 23 heavy (non-hydrogen) atoms. The molecule has 1 aromatic carbocycles. The molecule has 1 rings (SSSR count). The zero-order valence-electron chi connectivity index (χ0n) is 13.6. The fourth-order valence-electron chi connectivity index (χ4n) is 1.99. The molecule has 0 aliphatic rings. The molecule has 2 N–H and O–H groups in total. The van der Waals surface area contributed by atoms with Crippen LogP contribution in [0.3, 0.4) is 0 Å². The van der Waals surface area contributed by atoms with Crippen molar-refractivity contribution in [1.29, 1.82) is 0 Å². The van der Waals surface area contributed by atoms with Crippen LogP contribution in [-0.2, 0) is 0 Å². The number of benzene rings is 1. The molecule has 132 valence electrons.